The Kier molecular flexibility index (Phi) is 11.4. The van der Waals surface area contributed by atoms with Crippen molar-refractivity contribution in [3.05, 3.63) is 0 Å². The fourth-order valence-electron chi connectivity index (χ4n) is 2.36. The molecular formula is C15H33IN4O. The van der Waals surface area contributed by atoms with Gasteiger partial charge in [-0.15, -0.1) is 24.0 Å². The van der Waals surface area contributed by atoms with Gasteiger partial charge in [-0.25, -0.2) is 0 Å². The molecule has 0 aromatic rings. The van der Waals surface area contributed by atoms with Crippen LogP contribution in [-0.2, 0) is 4.74 Å². The molecule has 6 heteroatoms. The molecule has 1 atom stereocenters. The van der Waals surface area contributed by atoms with Crippen molar-refractivity contribution in [1.29, 1.82) is 0 Å². The monoisotopic (exact) mass is 412 g/mol. The van der Waals surface area contributed by atoms with Crippen LogP contribution >= 0.6 is 24.0 Å². The zero-order valence-corrected chi connectivity index (χ0v) is 16.5. The van der Waals surface area contributed by atoms with Gasteiger partial charge < -0.3 is 15.4 Å². The molecule has 1 fully saturated rings. The minimum atomic E-state index is 0. The molecule has 1 unspecified atom stereocenters. The van der Waals surface area contributed by atoms with Crippen LogP contribution in [0.15, 0.2) is 4.99 Å². The predicted molar refractivity (Wildman–Crippen MR) is 101 cm³/mol. The van der Waals surface area contributed by atoms with Gasteiger partial charge in [-0.1, -0.05) is 13.8 Å². The molecule has 2 N–H and O–H groups in total. The fraction of sp³-hybridized carbons (Fsp3) is 0.933. The molecule has 0 amide bonds. The van der Waals surface area contributed by atoms with E-state index in [9.17, 15) is 0 Å². The normalized spacial score (nSPS) is 20.5. The number of ether oxygens (including phenoxy) is 1. The topological polar surface area (TPSA) is 48.9 Å². The molecule has 1 aliphatic heterocycles. The van der Waals surface area contributed by atoms with E-state index in [1.165, 1.54) is 0 Å². The van der Waals surface area contributed by atoms with E-state index < -0.39 is 0 Å². The molecule has 0 saturated carbocycles. The lowest BCUT2D eigenvalue weighted by molar-refractivity contribution is -0.0262. The lowest BCUT2D eigenvalue weighted by atomic mass is 10.2. The zero-order chi connectivity index (χ0) is 15.0. The maximum absolute atomic E-state index is 5.82. The number of rotatable bonds is 6. The first-order chi connectivity index (χ1) is 9.51. The van der Waals surface area contributed by atoms with Crippen molar-refractivity contribution in [3.8, 4) is 0 Å². The minimum Gasteiger partial charge on any atom is -0.374 e. The van der Waals surface area contributed by atoms with Crippen molar-refractivity contribution in [3.63, 3.8) is 0 Å². The Morgan fingerprint density at radius 3 is 2.62 bits per heavy atom. The number of halogens is 1. The summed E-state index contributed by atoms with van der Waals surface area (Å²) in [4.78, 5) is 7.12. The van der Waals surface area contributed by atoms with Gasteiger partial charge in [0.25, 0.3) is 0 Å². The first-order valence-corrected chi connectivity index (χ1v) is 7.90. The molecule has 1 saturated heterocycles. The summed E-state index contributed by atoms with van der Waals surface area (Å²) in [6.45, 7) is 16.4. The summed E-state index contributed by atoms with van der Waals surface area (Å²) in [5.41, 5.74) is 0. The number of hydrogen-bond donors (Lipinski definition) is 2. The highest BCUT2D eigenvalue weighted by atomic mass is 127. The molecule has 1 aliphatic rings. The zero-order valence-electron chi connectivity index (χ0n) is 14.2. The third kappa shape index (κ3) is 9.52. The standard InChI is InChI=1S/C15H32N4O.HI/c1-6-16-15(18-13(4)5)17-9-14-11-19(7-8-20-14)10-12(2)3;/h12-14H,6-11H2,1-5H3,(H2,16,17,18);1H. The van der Waals surface area contributed by atoms with Crippen molar-refractivity contribution in [2.75, 3.05) is 39.3 Å². The summed E-state index contributed by atoms with van der Waals surface area (Å²) in [7, 11) is 0. The summed E-state index contributed by atoms with van der Waals surface area (Å²) in [5.74, 6) is 1.59. The minimum absolute atomic E-state index is 0. The molecule has 0 bridgehead atoms. The van der Waals surface area contributed by atoms with Crippen LogP contribution in [0.25, 0.3) is 0 Å². The molecule has 0 spiro atoms. The average Bonchev–Trinajstić information content (AvgIpc) is 2.35. The van der Waals surface area contributed by atoms with Gasteiger partial charge in [0.2, 0.25) is 0 Å². The van der Waals surface area contributed by atoms with Crippen LogP contribution in [0.4, 0.5) is 0 Å². The second-order valence-corrected chi connectivity index (χ2v) is 6.16. The number of nitrogens with zero attached hydrogens (tertiary/aromatic N) is 2. The van der Waals surface area contributed by atoms with E-state index in [0.717, 1.165) is 45.3 Å². The molecule has 0 aromatic carbocycles. The Bertz CT molecular complexity index is 297. The second kappa shape index (κ2) is 11.5. The predicted octanol–water partition coefficient (Wildman–Crippen LogP) is 1.92. The van der Waals surface area contributed by atoms with Crippen molar-refractivity contribution in [2.45, 2.75) is 46.8 Å². The lowest BCUT2D eigenvalue weighted by Crippen LogP contribution is -2.46. The van der Waals surface area contributed by atoms with E-state index in [0.29, 0.717) is 12.0 Å². The molecule has 126 valence electrons. The number of guanidine groups is 1. The van der Waals surface area contributed by atoms with Crippen molar-refractivity contribution >= 4 is 29.9 Å². The van der Waals surface area contributed by atoms with Gasteiger partial charge in [0.15, 0.2) is 5.96 Å². The Labute approximate surface area is 147 Å². The van der Waals surface area contributed by atoms with E-state index in [2.05, 4.69) is 55.1 Å². The Hall–Kier alpha value is -0.0800. The maximum Gasteiger partial charge on any atom is 0.191 e. The molecule has 0 aliphatic carbocycles. The highest BCUT2D eigenvalue weighted by Crippen LogP contribution is 2.08. The van der Waals surface area contributed by atoms with Gasteiger partial charge in [0, 0.05) is 32.2 Å². The third-order valence-corrected chi connectivity index (χ3v) is 3.07. The molecule has 1 heterocycles. The smallest absolute Gasteiger partial charge is 0.191 e. The van der Waals surface area contributed by atoms with Crippen molar-refractivity contribution in [1.82, 2.24) is 15.5 Å². The first kappa shape index (κ1) is 20.9. The van der Waals surface area contributed by atoms with Gasteiger partial charge >= 0.3 is 0 Å². The molecule has 5 nitrogen and oxygen atoms in total. The fourth-order valence-corrected chi connectivity index (χ4v) is 2.36. The second-order valence-electron chi connectivity index (χ2n) is 6.16. The quantitative estimate of drug-likeness (QED) is 0.398. The maximum atomic E-state index is 5.82. The Morgan fingerprint density at radius 1 is 1.33 bits per heavy atom. The number of hydrogen-bond acceptors (Lipinski definition) is 3. The van der Waals surface area contributed by atoms with Gasteiger partial charge in [0.05, 0.1) is 19.3 Å². The van der Waals surface area contributed by atoms with Crippen LogP contribution in [0.5, 0.6) is 0 Å². The van der Waals surface area contributed by atoms with Crippen molar-refractivity contribution < 1.29 is 4.74 Å². The van der Waals surface area contributed by atoms with Crippen LogP contribution in [0, 0.1) is 5.92 Å². The molecular weight excluding hydrogens is 379 g/mol. The Balaban J connectivity index is 0.00000400. The van der Waals surface area contributed by atoms with E-state index >= 15 is 0 Å². The number of morpholine rings is 1. The van der Waals surface area contributed by atoms with Crippen LogP contribution in [0.2, 0.25) is 0 Å². The summed E-state index contributed by atoms with van der Waals surface area (Å²) >= 11 is 0. The van der Waals surface area contributed by atoms with Crippen LogP contribution in [-0.4, -0.2) is 62.3 Å². The van der Waals surface area contributed by atoms with Crippen LogP contribution < -0.4 is 10.6 Å². The van der Waals surface area contributed by atoms with Gasteiger partial charge in [-0.3, -0.25) is 9.89 Å². The van der Waals surface area contributed by atoms with E-state index in [1.807, 2.05) is 0 Å². The summed E-state index contributed by atoms with van der Waals surface area (Å²) in [6, 6.07) is 0.387. The first-order valence-electron chi connectivity index (χ1n) is 7.90. The SMILES string of the molecule is CCNC(=NCC1CN(CC(C)C)CCO1)NC(C)C.I. The largest absolute Gasteiger partial charge is 0.374 e. The van der Waals surface area contributed by atoms with Gasteiger partial charge in [-0.05, 0) is 26.7 Å². The van der Waals surface area contributed by atoms with Crippen molar-refractivity contribution in [2.24, 2.45) is 10.9 Å². The lowest BCUT2D eigenvalue weighted by Gasteiger charge is -2.33. The Morgan fingerprint density at radius 2 is 2.05 bits per heavy atom. The number of aliphatic imine (C=N–C) groups is 1. The van der Waals surface area contributed by atoms with E-state index in [1.54, 1.807) is 0 Å². The average molecular weight is 412 g/mol. The molecule has 0 aromatic heterocycles. The summed E-state index contributed by atoms with van der Waals surface area (Å²) in [5, 5.41) is 6.60. The number of nitrogens with one attached hydrogen (secondary N) is 2. The van der Waals surface area contributed by atoms with Gasteiger partial charge in [0.1, 0.15) is 0 Å². The highest BCUT2D eigenvalue weighted by molar-refractivity contribution is 14.0. The summed E-state index contributed by atoms with van der Waals surface area (Å²) < 4.78 is 5.82. The van der Waals surface area contributed by atoms with E-state index in [-0.39, 0.29) is 30.1 Å². The molecule has 0 radical (unpaired) electrons. The van der Waals surface area contributed by atoms with Gasteiger partial charge in [-0.2, -0.15) is 0 Å². The third-order valence-electron chi connectivity index (χ3n) is 3.07. The van der Waals surface area contributed by atoms with Crippen LogP contribution in [0.3, 0.4) is 0 Å². The highest BCUT2D eigenvalue weighted by Gasteiger charge is 2.20. The van der Waals surface area contributed by atoms with Crippen LogP contribution in [0.1, 0.15) is 34.6 Å². The summed E-state index contributed by atoms with van der Waals surface area (Å²) in [6.07, 6.45) is 0.213. The molecule has 21 heavy (non-hydrogen) atoms. The molecule has 1 rings (SSSR count). The van der Waals surface area contributed by atoms with E-state index in [4.69, 9.17) is 4.74 Å².